The molecule has 0 saturated heterocycles. The average molecular weight is 462 g/mol. The van der Waals surface area contributed by atoms with E-state index < -0.39 is 16.0 Å². The number of Topliss-reactive ketones (excluding diaryl/α,β-unsaturated/α-hetero) is 1. The molecule has 1 aliphatic heterocycles. The van der Waals surface area contributed by atoms with Crippen LogP contribution in [0.15, 0.2) is 42.5 Å². The minimum Gasteiger partial charge on any atom is -0.497 e. The Kier molecular flexibility index (Phi) is 7.74. The normalized spacial score (nSPS) is 12.9. The number of carbonyl (C=O) groups is 2. The number of carbonyl (C=O) groups excluding carboxylic acids is 2. The third-order valence-electron chi connectivity index (χ3n) is 5.17. The molecule has 0 N–H and O–H groups in total. The van der Waals surface area contributed by atoms with Crippen LogP contribution in [0.2, 0.25) is 0 Å². The number of rotatable bonds is 11. The van der Waals surface area contributed by atoms with Gasteiger partial charge in [0.15, 0.2) is 12.4 Å². The Labute approximate surface area is 188 Å². The summed E-state index contributed by atoms with van der Waals surface area (Å²) in [5.74, 6) is 0.632. The summed E-state index contributed by atoms with van der Waals surface area (Å²) in [5.41, 5.74) is 1.81. The van der Waals surface area contributed by atoms with Gasteiger partial charge in [0.2, 0.25) is 10.0 Å². The summed E-state index contributed by atoms with van der Waals surface area (Å²) in [6.45, 7) is 1.97. The van der Waals surface area contributed by atoms with Gasteiger partial charge in [-0.15, -0.1) is 0 Å². The molecule has 0 amide bonds. The van der Waals surface area contributed by atoms with Crippen molar-refractivity contribution in [3.8, 4) is 11.5 Å². The maximum atomic E-state index is 12.4. The van der Waals surface area contributed by atoms with E-state index in [9.17, 15) is 18.0 Å². The first-order valence-corrected chi connectivity index (χ1v) is 12.0. The number of hydrogen-bond acceptors (Lipinski definition) is 7. The molecule has 32 heavy (non-hydrogen) atoms. The SMILES string of the molecule is CCS(=O)(=O)N1CCc2cc(C(=O)COC(=O)CCCOc3ccc(OC)cc3)ccc21. The molecule has 1 heterocycles. The third-order valence-corrected chi connectivity index (χ3v) is 6.95. The molecular weight excluding hydrogens is 434 g/mol. The van der Waals surface area contributed by atoms with Crippen LogP contribution in [-0.2, 0) is 26.0 Å². The summed E-state index contributed by atoms with van der Waals surface area (Å²) < 4.78 is 41.4. The number of ether oxygens (including phenoxy) is 3. The second-order valence-corrected chi connectivity index (χ2v) is 9.46. The molecule has 0 saturated carbocycles. The number of fused-ring (bicyclic) bond motifs is 1. The van der Waals surface area contributed by atoms with Crippen molar-refractivity contribution in [3.05, 3.63) is 53.6 Å². The highest BCUT2D eigenvalue weighted by Crippen LogP contribution is 2.31. The van der Waals surface area contributed by atoms with E-state index in [0.717, 1.165) is 11.3 Å². The van der Waals surface area contributed by atoms with Gasteiger partial charge in [0.25, 0.3) is 0 Å². The number of esters is 1. The highest BCUT2D eigenvalue weighted by atomic mass is 32.2. The predicted octanol–water partition coefficient (Wildman–Crippen LogP) is 2.99. The van der Waals surface area contributed by atoms with Crippen molar-refractivity contribution in [2.24, 2.45) is 0 Å². The highest BCUT2D eigenvalue weighted by molar-refractivity contribution is 7.92. The van der Waals surface area contributed by atoms with Crippen LogP contribution in [0, 0.1) is 0 Å². The van der Waals surface area contributed by atoms with Gasteiger partial charge in [0.1, 0.15) is 11.5 Å². The molecule has 3 rings (SSSR count). The molecule has 2 aromatic rings. The lowest BCUT2D eigenvalue weighted by atomic mass is 10.1. The fourth-order valence-electron chi connectivity index (χ4n) is 3.37. The van der Waals surface area contributed by atoms with Crippen molar-refractivity contribution >= 4 is 27.5 Å². The van der Waals surface area contributed by atoms with E-state index in [1.807, 2.05) is 0 Å². The fraction of sp³-hybridized carbons (Fsp3) is 0.391. The van der Waals surface area contributed by atoms with Gasteiger partial charge in [-0.2, -0.15) is 0 Å². The van der Waals surface area contributed by atoms with Crippen molar-refractivity contribution in [3.63, 3.8) is 0 Å². The van der Waals surface area contributed by atoms with Gasteiger partial charge >= 0.3 is 5.97 Å². The molecule has 0 fully saturated rings. The Morgan fingerprint density at radius 2 is 1.78 bits per heavy atom. The van der Waals surface area contributed by atoms with E-state index >= 15 is 0 Å². The van der Waals surface area contributed by atoms with Crippen LogP contribution in [-0.4, -0.2) is 52.8 Å². The maximum Gasteiger partial charge on any atom is 0.306 e. The van der Waals surface area contributed by atoms with Crippen molar-refractivity contribution < 1.29 is 32.2 Å². The quantitative estimate of drug-likeness (QED) is 0.288. The van der Waals surface area contributed by atoms with Crippen molar-refractivity contribution in [2.75, 3.05) is 36.9 Å². The molecule has 2 aromatic carbocycles. The van der Waals surface area contributed by atoms with Gasteiger partial charge in [-0.3, -0.25) is 13.9 Å². The topological polar surface area (TPSA) is 99.2 Å². The monoisotopic (exact) mass is 461 g/mol. The second-order valence-electron chi connectivity index (χ2n) is 7.28. The van der Waals surface area contributed by atoms with E-state index in [4.69, 9.17) is 14.2 Å². The van der Waals surface area contributed by atoms with E-state index in [1.165, 1.54) is 4.31 Å². The average Bonchev–Trinajstić information content (AvgIpc) is 3.25. The Morgan fingerprint density at radius 1 is 1.06 bits per heavy atom. The van der Waals surface area contributed by atoms with E-state index in [1.54, 1.807) is 56.5 Å². The largest absolute Gasteiger partial charge is 0.497 e. The van der Waals surface area contributed by atoms with Crippen LogP contribution < -0.4 is 13.8 Å². The summed E-state index contributed by atoms with van der Waals surface area (Å²) in [6.07, 6.45) is 1.14. The number of anilines is 1. The first-order valence-electron chi connectivity index (χ1n) is 10.4. The summed E-state index contributed by atoms with van der Waals surface area (Å²) in [6, 6.07) is 12.0. The van der Waals surface area contributed by atoms with Gasteiger partial charge in [0.05, 0.1) is 25.2 Å². The first-order chi connectivity index (χ1) is 15.3. The van der Waals surface area contributed by atoms with Crippen LogP contribution in [0.5, 0.6) is 11.5 Å². The number of sulfonamides is 1. The van der Waals surface area contributed by atoms with Gasteiger partial charge in [-0.1, -0.05) is 0 Å². The lowest BCUT2D eigenvalue weighted by Gasteiger charge is -2.18. The molecule has 0 radical (unpaired) electrons. The second kappa shape index (κ2) is 10.5. The summed E-state index contributed by atoms with van der Waals surface area (Å²) in [4.78, 5) is 24.3. The standard InChI is InChI=1S/C23H27NO7S/c1-3-32(27,28)24-13-12-17-15-18(6-11-21(17)24)22(25)16-31-23(26)5-4-14-30-20-9-7-19(29-2)8-10-20/h6-11,15H,3-5,12-14,16H2,1-2H3. The molecule has 9 heteroatoms. The number of methoxy groups -OCH3 is 1. The number of nitrogens with zero attached hydrogens (tertiary/aromatic N) is 1. The highest BCUT2D eigenvalue weighted by Gasteiger charge is 2.28. The van der Waals surface area contributed by atoms with Crippen LogP contribution in [0.3, 0.4) is 0 Å². The molecule has 0 aliphatic carbocycles. The zero-order valence-electron chi connectivity index (χ0n) is 18.2. The summed E-state index contributed by atoms with van der Waals surface area (Å²) >= 11 is 0. The lowest BCUT2D eigenvalue weighted by Crippen LogP contribution is -2.30. The molecule has 8 nitrogen and oxygen atoms in total. The fourth-order valence-corrected chi connectivity index (χ4v) is 4.53. The molecule has 0 bridgehead atoms. The number of hydrogen-bond donors (Lipinski definition) is 0. The third kappa shape index (κ3) is 5.79. The van der Waals surface area contributed by atoms with Gasteiger partial charge < -0.3 is 14.2 Å². The number of ketones is 1. The van der Waals surface area contributed by atoms with Gasteiger partial charge in [-0.05, 0) is 67.8 Å². The van der Waals surface area contributed by atoms with Gasteiger partial charge in [-0.25, -0.2) is 8.42 Å². The summed E-state index contributed by atoms with van der Waals surface area (Å²) in [7, 11) is -1.75. The van der Waals surface area contributed by atoms with Gasteiger partial charge in [0, 0.05) is 18.5 Å². The molecule has 0 unspecified atom stereocenters. The van der Waals surface area contributed by atoms with Crippen molar-refractivity contribution in [2.45, 2.75) is 26.2 Å². The zero-order chi connectivity index (χ0) is 23.1. The predicted molar refractivity (Wildman–Crippen MR) is 120 cm³/mol. The van der Waals surface area contributed by atoms with Crippen LogP contribution >= 0.6 is 0 Å². The van der Waals surface area contributed by atoms with E-state index in [2.05, 4.69) is 0 Å². The zero-order valence-corrected chi connectivity index (χ0v) is 19.0. The van der Waals surface area contributed by atoms with Crippen molar-refractivity contribution in [1.29, 1.82) is 0 Å². The minimum absolute atomic E-state index is 0.0220. The molecular formula is C23H27NO7S. The molecule has 0 atom stereocenters. The van der Waals surface area contributed by atoms with Crippen LogP contribution in [0.4, 0.5) is 5.69 Å². The molecule has 172 valence electrons. The minimum atomic E-state index is -3.33. The van der Waals surface area contributed by atoms with Crippen molar-refractivity contribution in [1.82, 2.24) is 0 Å². The Morgan fingerprint density at radius 3 is 2.47 bits per heavy atom. The van der Waals surface area contributed by atoms with Crippen LogP contribution in [0.1, 0.15) is 35.7 Å². The molecule has 0 spiro atoms. The van der Waals surface area contributed by atoms with Crippen LogP contribution in [0.25, 0.3) is 0 Å². The first kappa shape index (κ1) is 23.6. The Hall–Kier alpha value is -3.07. The Balaban J connectivity index is 1.43. The van der Waals surface area contributed by atoms with E-state index in [-0.39, 0.29) is 24.6 Å². The Bertz CT molecular complexity index is 1060. The summed E-state index contributed by atoms with van der Waals surface area (Å²) in [5, 5.41) is 0. The lowest BCUT2D eigenvalue weighted by molar-refractivity contribution is -0.142. The smallest absolute Gasteiger partial charge is 0.306 e. The molecule has 1 aliphatic rings. The maximum absolute atomic E-state index is 12.4. The van der Waals surface area contributed by atoms with E-state index in [0.29, 0.717) is 43.0 Å². The molecule has 0 aromatic heterocycles. The number of benzene rings is 2.